The van der Waals surface area contributed by atoms with Crippen molar-refractivity contribution in [3.8, 4) is 0 Å². The van der Waals surface area contributed by atoms with E-state index >= 15 is 0 Å². The zero-order valence-corrected chi connectivity index (χ0v) is 10.4. The molecule has 0 saturated carbocycles. The van der Waals surface area contributed by atoms with Crippen molar-refractivity contribution in [1.29, 1.82) is 0 Å². The van der Waals surface area contributed by atoms with Gasteiger partial charge in [-0.3, -0.25) is 4.79 Å². The maximum absolute atomic E-state index is 10.4. The van der Waals surface area contributed by atoms with Crippen molar-refractivity contribution in [2.24, 2.45) is 5.73 Å². The van der Waals surface area contributed by atoms with Gasteiger partial charge in [0.25, 0.3) is 0 Å². The fourth-order valence-electron chi connectivity index (χ4n) is 1.17. The summed E-state index contributed by atoms with van der Waals surface area (Å²) in [5, 5.41) is 8.56. The number of carbonyl (C=O) groups is 1. The van der Waals surface area contributed by atoms with Gasteiger partial charge in [-0.15, -0.1) is 0 Å². The first-order valence-corrected chi connectivity index (χ1v) is 6.55. The van der Waals surface area contributed by atoms with Gasteiger partial charge in [-0.05, 0) is 25.3 Å². The van der Waals surface area contributed by atoms with Crippen LogP contribution in [0.25, 0.3) is 0 Å². The maximum Gasteiger partial charge on any atom is 0.320 e. The number of carboxylic acid groups (broad SMARTS) is 1. The molecule has 0 bridgehead atoms. The first-order chi connectivity index (χ1) is 7.11. The van der Waals surface area contributed by atoms with Crippen LogP contribution in [0.4, 0.5) is 0 Å². The second-order valence-electron chi connectivity index (χ2n) is 3.37. The van der Waals surface area contributed by atoms with Gasteiger partial charge in [0.1, 0.15) is 6.04 Å². The Morgan fingerprint density at radius 2 is 2.00 bits per heavy atom. The van der Waals surface area contributed by atoms with Crippen LogP contribution < -0.4 is 5.73 Å². The number of hydrogen-bond donors (Lipinski definition) is 2. The minimum Gasteiger partial charge on any atom is -0.480 e. The summed E-state index contributed by atoms with van der Waals surface area (Å²) in [5.74, 6) is 0.974. The summed E-state index contributed by atoms with van der Waals surface area (Å²) in [6, 6.07) is -0.703. The topological polar surface area (TPSA) is 66.6 Å². The van der Waals surface area contributed by atoms with Gasteiger partial charge in [-0.25, -0.2) is 0 Å². The zero-order valence-electron chi connectivity index (χ0n) is 9.61. The van der Waals surface area contributed by atoms with Crippen LogP contribution in [0.1, 0.15) is 20.3 Å². The quantitative estimate of drug-likeness (QED) is 0.579. The van der Waals surface area contributed by atoms with Crippen molar-refractivity contribution in [2.45, 2.75) is 26.3 Å². The van der Waals surface area contributed by atoms with E-state index in [1.807, 2.05) is 0 Å². The number of nitrogens with two attached hydrogens (primary N) is 1. The number of aliphatic carboxylic acids is 1. The Bertz CT molecular complexity index is 175. The molecule has 0 aromatic heterocycles. The largest absolute Gasteiger partial charge is 0.480 e. The lowest BCUT2D eigenvalue weighted by atomic mass is 10.2. The average molecular weight is 234 g/mol. The highest BCUT2D eigenvalue weighted by Crippen LogP contribution is 2.05. The van der Waals surface area contributed by atoms with E-state index in [1.54, 1.807) is 11.8 Å². The minimum absolute atomic E-state index is 0.554. The van der Waals surface area contributed by atoms with Crippen LogP contribution in [-0.2, 0) is 4.79 Å². The summed E-state index contributed by atoms with van der Waals surface area (Å²) < 4.78 is 0. The number of hydrogen-bond acceptors (Lipinski definition) is 4. The van der Waals surface area contributed by atoms with Gasteiger partial charge in [0.05, 0.1) is 0 Å². The lowest BCUT2D eigenvalue weighted by molar-refractivity contribution is -0.138. The lowest BCUT2D eigenvalue weighted by Crippen LogP contribution is -2.30. The molecule has 0 aromatic rings. The molecular formula is C10H22N2O2S. The summed E-state index contributed by atoms with van der Waals surface area (Å²) in [7, 11) is 0. The molecule has 90 valence electrons. The summed E-state index contributed by atoms with van der Waals surface area (Å²) in [6.07, 6.45) is 0.554. The van der Waals surface area contributed by atoms with Crippen LogP contribution in [0.5, 0.6) is 0 Å². The highest BCUT2D eigenvalue weighted by atomic mass is 32.2. The van der Waals surface area contributed by atoms with E-state index < -0.39 is 12.0 Å². The van der Waals surface area contributed by atoms with Crippen molar-refractivity contribution in [3.63, 3.8) is 0 Å². The molecule has 0 aliphatic rings. The predicted octanol–water partition coefficient (Wildman–Crippen LogP) is 0.863. The third-order valence-corrected chi connectivity index (χ3v) is 3.33. The van der Waals surface area contributed by atoms with Crippen molar-refractivity contribution in [1.82, 2.24) is 4.90 Å². The van der Waals surface area contributed by atoms with E-state index in [-0.39, 0.29) is 0 Å². The molecule has 0 radical (unpaired) electrons. The van der Waals surface area contributed by atoms with E-state index in [1.165, 1.54) is 0 Å². The molecule has 0 aliphatic carbocycles. The predicted molar refractivity (Wildman–Crippen MR) is 65.3 cm³/mol. The highest BCUT2D eigenvalue weighted by Gasteiger charge is 2.10. The molecule has 0 rings (SSSR count). The SMILES string of the molecule is CCN(CC)CCSCCC(N)C(=O)O. The minimum atomic E-state index is -0.903. The van der Waals surface area contributed by atoms with Crippen LogP contribution in [0.15, 0.2) is 0 Å². The van der Waals surface area contributed by atoms with Gasteiger partial charge in [0, 0.05) is 12.3 Å². The number of thioether (sulfide) groups is 1. The van der Waals surface area contributed by atoms with Gasteiger partial charge in [0.15, 0.2) is 0 Å². The fourth-order valence-corrected chi connectivity index (χ4v) is 2.18. The standard InChI is InChI=1S/C10H22N2O2S/c1-3-12(4-2)6-8-15-7-5-9(11)10(13)14/h9H,3-8,11H2,1-2H3,(H,13,14). The van der Waals surface area contributed by atoms with Gasteiger partial charge in [-0.2, -0.15) is 11.8 Å². The molecule has 0 heterocycles. The first-order valence-electron chi connectivity index (χ1n) is 5.40. The van der Waals surface area contributed by atoms with Crippen LogP contribution in [0.3, 0.4) is 0 Å². The molecule has 0 saturated heterocycles. The molecule has 0 fully saturated rings. The molecule has 15 heavy (non-hydrogen) atoms. The van der Waals surface area contributed by atoms with Crippen molar-refractivity contribution in [2.75, 3.05) is 31.1 Å². The van der Waals surface area contributed by atoms with E-state index in [9.17, 15) is 4.79 Å². The molecule has 1 atom stereocenters. The van der Waals surface area contributed by atoms with Gasteiger partial charge in [-0.1, -0.05) is 13.8 Å². The number of rotatable bonds is 9. The lowest BCUT2D eigenvalue weighted by Gasteiger charge is -2.17. The van der Waals surface area contributed by atoms with Crippen LogP contribution in [0, 0.1) is 0 Å². The van der Waals surface area contributed by atoms with Crippen molar-refractivity contribution in [3.05, 3.63) is 0 Å². The smallest absolute Gasteiger partial charge is 0.320 e. The number of nitrogens with zero attached hydrogens (tertiary/aromatic N) is 1. The van der Waals surface area contributed by atoms with Gasteiger partial charge < -0.3 is 15.7 Å². The molecule has 0 amide bonds. The van der Waals surface area contributed by atoms with E-state index in [2.05, 4.69) is 18.7 Å². The van der Waals surface area contributed by atoms with Crippen molar-refractivity contribution < 1.29 is 9.90 Å². The molecule has 5 heteroatoms. The van der Waals surface area contributed by atoms with Crippen molar-refractivity contribution >= 4 is 17.7 Å². The van der Waals surface area contributed by atoms with E-state index in [4.69, 9.17) is 10.8 Å². The Morgan fingerprint density at radius 3 is 2.47 bits per heavy atom. The molecule has 0 aliphatic heterocycles. The monoisotopic (exact) mass is 234 g/mol. The third kappa shape index (κ3) is 7.64. The Kier molecular flexibility index (Phi) is 8.85. The van der Waals surface area contributed by atoms with Gasteiger partial charge in [0.2, 0.25) is 0 Å². The first kappa shape index (κ1) is 14.7. The zero-order chi connectivity index (χ0) is 11.7. The Labute approximate surface area is 96.2 Å². The van der Waals surface area contributed by atoms with E-state index in [0.29, 0.717) is 6.42 Å². The molecule has 3 N–H and O–H groups in total. The molecule has 4 nitrogen and oxygen atoms in total. The summed E-state index contributed by atoms with van der Waals surface area (Å²) in [6.45, 7) is 7.51. The normalized spacial score (nSPS) is 13.1. The summed E-state index contributed by atoms with van der Waals surface area (Å²) >= 11 is 1.77. The third-order valence-electron chi connectivity index (χ3n) is 2.34. The van der Waals surface area contributed by atoms with Crippen LogP contribution in [0.2, 0.25) is 0 Å². The second-order valence-corrected chi connectivity index (χ2v) is 4.60. The fraction of sp³-hybridized carbons (Fsp3) is 0.900. The van der Waals surface area contributed by atoms with Crippen LogP contribution >= 0.6 is 11.8 Å². The Morgan fingerprint density at radius 1 is 1.40 bits per heavy atom. The molecule has 0 aromatic carbocycles. The van der Waals surface area contributed by atoms with Gasteiger partial charge >= 0.3 is 5.97 Å². The molecular weight excluding hydrogens is 212 g/mol. The van der Waals surface area contributed by atoms with E-state index in [0.717, 1.165) is 31.1 Å². The molecule has 0 spiro atoms. The average Bonchev–Trinajstić information content (AvgIpc) is 2.23. The highest BCUT2D eigenvalue weighted by molar-refractivity contribution is 7.99. The number of carboxylic acids is 1. The Hall–Kier alpha value is -0.260. The summed E-state index contributed by atoms with van der Waals surface area (Å²) in [5.41, 5.74) is 5.39. The summed E-state index contributed by atoms with van der Waals surface area (Å²) in [4.78, 5) is 12.8. The molecule has 1 unspecified atom stereocenters. The van der Waals surface area contributed by atoms with Crippen LogP contribution in [-0.4, -0.2) is 53.2 Å². The Balaban J connectivity index is 3.35. The second kappa shape index (κ2) is 9.00. The maximum atomic E-state index is 10.4.